The number of nitrogens with one attached hydrogen (secondary N) is 1. The molecule has 0 saturated heterocycles. The molecule has 1 aromatic heterocycles. The number of aliphatic imine (C=N–C) groups is 1. The Bertz CT molecular complexity index is 720. The van der Waals surface area contributed by atoms with Crippen LogP contribution in [0.15, 0.2) is 27.8 Å². The van der Waals surface area contributed by atoms with Crippen molar-refractivity contribution in [2.24, 2.45) is 4.99 Å². The SMILES string of the molecule is CC(C)N(C)CCc1nonc1C(=Nc1ccc(F)c(Cl)c1)NO. The standard InChI is InChI=1S/C15H19ClFN5O2/c1-9(2)22(3)7-6-13-14(21-24-20-13)15(19-23)18-10-4-5-12(17)11(16)8-10/h4-5,8-9,23H,6-7H2,1-3H3,(H,18,19). The lowest BCUT2D eigenvalue weighted by Gasteiger charge is -2.20. The third kappa shape index (κ3) is 4.50. The number of benzene rings is 1. The summed E-state index contributed by atoms with van der Waals surface area (Å²) < 4.78 is 18.0. The highest BCUT2D eigenvalue weighted by Crippen LogP contribution is 2.22. The van der Waals surface area contributed by atoms with Crippen molar-refractivity contribution in [3.05, 3.63) is 40.4 Å². The smallest absolute Gasteiger partial charge is 0.181 e. The van der Waals surface area contributed by atoms with Gasteiger partial charge in [-0.15, -0.1) is 0 Å². The summed E-state index contributed by atoms with van der Waals surface area (Å²) in [6, 6.07) is 4.35. The number of aromatic nitrogens is 2. The fraction of sp³-hybridized carbons (Fsp3) is 0.400. The number of hydroxylamine groups is 1. The van der Waals surface area contributed by atoms with Gasteiger partial charge in [0.2, 0.25) is 0 Å². The molecule has 0 amide bonds. The molecule has 0 spiro atoms. The van der Waals surface area contributed by atoms with Crippen molar-refractivity contribution in [1.82, 2.24) is 20.7 Å². The molecule has 0 bridgehead atoms. The summed E-state index contributed by atoms with van der Waals surface area (Å²) in [5.41, 5.74) is 3.17. The van der Waals surface area contributed by atoms with E-state index in [1.54, 1.807) is 0 Å². The zero-order valence-electron chi connectivity index (χ0n) is 13.6. The average Bonchev–Trinajstić information content (AvgIpc) is 3.01. The fourth-order valence-corrected chi connectivity index (χ4v) is 2.08. The number of rotatable bonds is 6. The van der Waals surface area contributed by atoms with Crippen molar-refractivity contribution in [2.75, 3.05) is 13.6 Å². The van der Waals surface area contributed by atoms with E-state index in [4.69, 9.17) is 16.2 Å². The molecule has 0 saturated carbocycles. The maximum absolute atomic E-state index is 13.2. The first-order valence-corrected chi connectivity index (χ1v) is 7.76. The predicted octanol–water partition coefficient (Wildman–Crippen LogP) is 2.80. The molecule has 2 N–H and O–H groups in total. The zero-order chi connectivity index (χ0) is 17.7. The predicted molar refractivity (Wildman–Crippen MR) is 88.3 cm³/mol. The van der Waals surface area contributed by atoms with Crippen LogP contribution in [0, 0.1) is 5.82 Å². The van der Waals surface area contributed by atoms with E-state index in [0.29, 0.717) is 23.8 Å². The van der Waals surface area contributed by atoms with Crippen molar-refractivity contribution in [3.63, 3.8) is 0 Å². The molecule has 1 aromatic carbocycles. The molecule has 0 fully saturated rings. The van der Waals surface area contributed by atoms with Crippen LogP contribution >= 0.6 is 11.6 Å². The minimum atomic E-state index is -0.547. The molecule has 1 heterocycles. The van der Waals surface area contributed by atoms with Gasteiger partial charge in [0.25, 0.3) is 0 Å². The van der Waals surface area contributed by atoms with Gasteiger partial charge in [-0.25, -0.2) is 14.0 Å². The van der Waals surface area contributed by atoms with Gasteiger partial charge in [0.15, 0.2) is 11.5 Å². The number of hydrogen-bond acceptors (Lipinski definition) is 6. The van der Waals surface area contributed by atoms with Crippen molar-refractivity contribution in [3.8, 4) is 0 Å². The van der Waals surface area contributed by atoms with Crippen molar-refractivity contribution >= 4 is 23.1 Å². The second kappa shape index (κ2) is 8.18. The number of nitrogens with zero attached hydrogens (tertiary/aromatic N) is 4. The molecular weight excluding hydrogens is 337 g/mol. The van der Waals surface area contributed by atoms with Gasteiger partial charge >= 0.3 is 0 Å². The van der Waals surface area contributed by atoms with Crippen molar-refractivity contribution < 1.29 is 14.2 Å². The molecule has 0 radical (unpaired) electrons. The Kier molecular flexibility index (Phi) is 6.24. The van der Waals surface area contributed by atoms with Crippen LogP contribution in [0.5, 0.6) is 0 Å². The van der Waals surface area contributed by atoms with Gasteiger partial charge in [0, 0.05) is 19.0 Å². The molecule has 0 aliphatic carbocycles. The highest BCUT2D eigenvalue weighted by molar-refractivity contribution is 6.31. The van der Waals surface area contributed by atoms with Crippen LogP contribution in [-0.4, -0.2) is 45.9 Å². The summed E-state index contributed by atoms with van der Waals surface area (Å²) in [6.07, 6.45) is 0.568. The first kappa shape index (κ1) is 18.3. The Balaban J connectivity index is 2.23. The lowest BCUT2D eigenvalue weighted by molar-refractivity contribution is 0.234. The summed E-state index contributed by atoms with van der Waals surface area (Å²) in [7, 11) is 2.00. The third-order valence-electron chi connectivity index (χ3n) is 3.61. The lowest BCUT2D eigenvalue weighted by atomic mass is 10.2. The van der Waals surface area contributed by atoms with E-state index in [-0.39, 0.29) is 16.6 Å². The maximum atomic E-state index is 13.2. The van der Waals surface area contributed by atoms with E-state index >= 15 is 0 Å². The molecule has 0 aliphatic heterocycles. The Morgan fingerprint density at radius 3 is 2.83 bits per heavy atom. The summed E-state index contributed by atoms with van der Waals surface area (Å²) in [5.74, 6) is -0.504. The van der Waals surface area contributed by atoms with Crippen molar-refractivity contribution in [1.29, 1.82) is 0 Å². The minimum absolute atomic E-state index is 0.0427. The van der Waals surface area contributed by atoms with Gasteiger partial charge in [0.05, 0.1) is 10.7 Å². The maximum Gasteiger partial charge on any atom is 0.181 e. The molecule has 0 atom stereocenters. The molecule has 7 nitrogen and oxygen atoms in total. The third-order valence-corrected chi connectivity index (χ3v) is 3.90. The van der Waals surface area contributed by atoms with Crippen LogP contribution < -0.4 is 5.48 Å². The normalized spacial score (nSPS) is 12.2. The van der Waals surface area contributed by atoms with E-state index in [9.17, 15) is 9.60 Å². The molecule has 130 valence electrons. The minimum Gasteiger partial charge on any atom is -0.304 e. The van der Waals surface area contributed by atoms with Crippen LogP contribution in [0.2, 0.25) is 5.02 Å². The monoisotopic (exact) mass is 355 g/mol. The van der Waals surface area contributed by atoms with Gasteiger partial charge < -0.3 is 4.90 Å². The number of likely N-dealkylation sites (N-methyl/N-ethyl adjacent to an activating group) is 1. The van der Waals surface area contributed by atoms with E-state index in [1.807, 2.05) is 12.5 Å². The largest absolute Gasteiger partial charge is 0.304 e. The quantitative estimate of drug-likeness (QED) is 0.470. The van der Waals surface area contributed by atoms with Crippen LogP contribution in [0.4, 0.5) is 10.1 Å². The van der Waals surface area contributed by atoms with Gasteiger partial charge in [-0.2, -0.15) is 0 Å². The molecule has 0 unspecified atom stereocenters. The van der Waals surface area contributed by atoms with E-state index in [1.165, 1.54) is 18.2 Å². The van der Waals surface area contributed by atoms with Gasteiger partial charge in [-0.05, 0) is 44.3 Å². The molecule has 24 heavy (non-hydrogen) atoms. The van der Waals surface area contributed by atoms with Crippen LogP contribution in [0.3, 0.4) is 0 Å². The number of halogens is 2. The Labute approximate surface area is 144 Å². The van der Waals surface area contributed by atoms with E-state index < -0.39 is 5.82 Å². The molecular formula is C15H19ClFN5O2. The van der Waals surface area contributed by atoms with Crippen LogP contribution in [-0.2, 0) is 6.42 Å². The summed E-state index contributed by atoms with van der Waals surface area (Å²) in [6.45, 7) is 4.91. The summed E-state index contributed by atoms with van der Waals surface area (Å²) >= 11 is 5.73. The van der Waals surface area contributed by atoms with E-state index in [0.717, 1.165) is 6.54 Å². The van der Waals surface area contributed by atoms with Crippen LogP contribution in [0.1, 0.15) is 25.2 Å². The Morgan fingerprint density at radius 1 is 1.46 bits per heavy atom. The summed E-state index contributed by atoms with van der Waals surface area (Å²) in [4.78, 5) is 6.31. The lowest BCUT2D eigenvalue weighted by Crippen LogP contribution is -2.29. The second-order valence-corrected chi connectivity index (χ2v) is 5.96. The van der Waals surface area contributed by atoms with Gasteiger partial charge in [-0.3, -0.25) is 10.7 Å². The first-order chi connectivity index (χ1) is 11.4. The molecule has 2 aromatic rings. The second-order valence-electron chi connectivity index (χ2n) is 5.55. The Morgan fingerprint density at radius 2 is 2.21 bits per heavy atom. The van der Waals surface area contributed by atoms with Crippen LogP contribution in [0.25, 0.3) is 0 Å². The van der Waals surface area contributed by atoms with Crippen molar-refractivity contribution in [2.45, 2.75) is 26.3 Å². The zero-order valence-corrected chi connectivity index (χ0v) is 14.4. The number of amidine groups is 1. The summed E-state index contributed by atoms with van der Waals surface area (Å²) in [5, 5.41) is 16.9. The highest BCUT2D eigenvalue weighted by Gasteiger charge is 2.17. The topological polar surface area (TPSA) is 86.8 Å². The van der Waals surface area contributed by atoms with Gasteiger partial charge in [-0.1, -0.05) is 16.8 Å². The molecule has 9 heteroatoms. The Hall–Kier alpha value is -2.03. The highest BCUT2D eigenvalue weighted by atomic mass is 35.5. The first-order valence-electron chi connectivity index (χ1n) is 7.38. The molecule has 2 rings (SSSR count). The molecule has 0 aliphatic rings. The average molecular weight is 356 g/mol. The number of hydrogen-bond donors (Lipinski definition) is 2. The fourth-order valence-electron chi connectivity index (χ4n) is 1.91. The van der Waals surface area contributed by atoms with Gasteiger partial charge in [0.1, 0.15) is 11.5 Å². The van der Waals surface area contributed by atoms with E-state index in [2.05, 4.69) is 34.1 Å².